The topological polar surface area (TPSA) is 85.3 Å². The molecule has 1 unspecified atom stereocenters. The number of hydrogen-bond acceptors (Lipinski definition) is 6. The van der Waals surface area contributed by atoms with Gasteiger partial charge >= 0.3 is 0 Å². The summed E-state index contributed by atoms with van der Waals surface area (Å²) in [4.78, 5) is 27.4. The van der Waals surface area contributed by atoms with E-state index in [4.69, 9.17) is 14.2 Å². The van der Waals surface area contributed by atoms with Crippen molar-refractivity contribution in [3.63, 3.8) is 0 Å². The molecule has 4 rings (SSSR count). The molecule has 1 amide bonds. The summed E-state index contributed by atoms with van der Waals surface area (Å²) in [6.45, 7) is 2.06. The van der Waals surface area contributed by atoms with E-state index in [0.717, 1.165) is 23.1 Å². The molecule has 1 fully saturated rings. The molecule has 0 spiro atoms. The number of methoxy groups -OCH3 is 2. The molecule has 192 valence electrons. The standard InChI is InChI=1S/C27H22BrF2NO6/c1-4-37-22-12-14(5-10-21(22)36-3)24-23(25(32)15-6-9-20(35-2)17(28)11-15)26(33)27(34)31(24)19-13-16(29)7-8-18(19)30/h5-13,24,32H,4H2,1-3H3/b25-23+. The Morgan fingerprint density at radius 3 is 2.32 bits per heavy atom. The maximum atomic E-state index is 14.9. The van der Waals surface area contributed by atoms with Crippen molar-refractivity contribution in [2.24, 2.45) is 0 Å². The highest BCUT2D eigenvalue weighted by atomic mass is 79.9. The Balaban J connectivity index is 1.99. The van der Waals surface area contributed by atoms with Crippen LogP contribution < -0.4 is 19.1 Å². The molecule has 1 heterocycles. The third-order valence-electron chi connectivity index (χ3n) is 5.84. The molecular formula is C27H22BrF2NO6. The molecule has 7 nitrogen and oxygen atoms in total. The highest BCUT2D eigenvalue weighted by molar-refractivity contribution is 9.10. The van der Waals surface area contributed by atoms with Crippen LogP contribution in [0.3, 0.4) is 0 Å². The lowest BCUT2D eigenvalue weighted by Crippen LogP contribution is -2.30. The number of ether oxygens (including phenoxy) is 3. The van der Waals surface area contributed by atoms with Crippen molar-refractivity contribution < 1.29 is 37.7 Å². The van der Waals surface area contributed by atoms with Gasteiger partial charge in [0.2, 0.25) is 0 Å². The first-order valence-electron chi connectivity index (χ1n) is 11.1. The van der Waals surface area contributed by atoms with E-state index in [9.17, 15) is 23.5 Å². The number of carbonyl (C=O) groups is 2. The van der Waals surface area contributed by atoms with Gasteiger partial charge in [-0.05, 0) is 70.9 Å². The Bertz CT molecular complexity index is 1420. The van der Waals surface area contributed by atoms with Crippen molar-refractivity contribution in [1.82, 2.24) is 0 Å². The number of hydrogen-bond donors (Lipinski definition) is 1. The van der Waals surface area contributed by atoms with Gasteiger partial charge < -0.3 is 19.3 Å². The molecule has 0 aliphatic carbocycles. The summed E-state index contributed by atoms with van der Waals surface area (Å²) in [5.74, 6) is -3.24. The molecule has 0 aromatic heterocycles. The van der Waals surface area contributed by atoms with Crippen LogP contribution in [0.4, 0.5) is 14.5 Å². The first-order chi connectivity index (χ1) is 17.7. The fraction of sp³-hybridized carbons (Fsp3) is 0.185. The van der Waals surface area contributed by atoms with Crippen LogP contribution in [0.2, 0.25) is 0 Å². The van der Waals surface area contributed by atoms with Crippen molar-refractivity contribution in [2.75, 3.05) is 25.7 Å². The number of benzene rings is 3. The molecule has 1 saturated heterocycles. The van der Waals surface area contributed by atoms with Crippen molar-refractivity contribution in [3.05, 3.63) is 87.4 Å². The van der Waals surface area contributed by atoms with Gasteiger partial charge in [-0.3, -0.25) is 14.5 Å². The number of Topliss-reactive ketones (excluding diaryl/α,β-unsaturated/α-hetero) is 1. The van der Waals surface area contributed by atoms with Gasteiger partial charge in [0.1, 0.15) is 23.1 Å². The predicted molar refractivity (Wildman–Crippen MR) is 136 cm³/mol. The molecule has 0 bridgehead atoms. The SMILES string of the molecule is CCOc1cc(C2/C(=C(\O)c3ccc(OC)c(Br)c3)C(=O)C(=O)N2c2cc(F)ccc2F)ccc1OC. The Hall–Kier alpha value is -3.92. The third kappa shape index (κ3) is 4.76. The van der Waals surface area contributed by atoms with Crippen LogP contribution in [0.15, 0.2) is 64.6 Å². The lowest BCUT2D eigenvalue weighted by Gasteiger charge is -2.26. The van der Waals surface area contributed by atoms with E-state index in [1.54, 1.807) is 25.1 Å². The summed E-state index contributed by atoms with van der Waals surface area (Å²) in [6.07, 6.45) is 0. The molecule has 3 aromatic rings. The minimum absolute atomic E-state index is 0.203. The zero-order valence-corrected chi connectivity index (χ0v) is 21.6. The highest BCUT2D eigenvalue weighted by Gasteiger charge is 2.48. The maximum Gasteiger partial charge on any atom is 0.300 e. The largest absolute Gasteiger partial charge is 0.507 e. The number of carbonyl (C=O) groups excluding carboxylic acids is 2. The minimum Gasteiger partial charge on any atom is -0.507 e. The monoisotopic (exact) mass is 573 g/mol. The second-order valence-electron chi connectivity index (χ2n) is 7.96. The second kappa shape index (κ2) is 10.6. The van der Waals surface area contributed by atoms with Gasteiger partial charge in [0, 0.05) is 11.6 Å². The van der Waals surface area contributed by atoms with Gasteiger partial charge in [-0.2, -0.15) is 0 Å². The van der Waals surface area contributed by atoms with E-state index in [-0.39, 0.29) is 11.1 Å². The molecule has 10 heteroatoms. The number of amides is 1. The molecule has 0 saturated carbocycles. The number of ketones is 1. The number of nitrogens with zero attached hydrogens (tertiary/aromatic N) is 1. The average Bonchev–Trinajstić information content (AvgIpc) is 3.15. The van der Waals surface area contributed by atoms with Crippen LogP contribution in [0, 0.1) is 11.6 Å². The van der Waals surface area contributed by atoms with E-state index in [2.05, 4.69) is 15.9 Å². The molecule has 1 aliphatic heterocycles. The van der Waals surface area contributed by atoms with Crippen LogP contribution in [0.1, 0.15) is 24.1 Å². The van der Waals surface area contributed by atoms with Crippen molar-refractivity contribution in [1.29, 1.82) is 0 Å². The lowest BCUT2D eigenvalue weighted by atomic mass is 9.94. The molecule has 1 N–H and O–H groups in total. The number of rotatable bonds is 7. The zero-order valence-electron chi connectivity index (χ0n) is 20.1. The summed E-state index contributed by atoms with van der Waals surface area (Å²) in [7, 11) is 2.92. The molecule has 3 aromatic carbocycles. The van der Waals surface area contributed by atoms with E-state index >= 15 is 0 Å². The van der Waals surface area contributed by atoms with Crippen LogP contribution >= 0.6 is 15.9 Å². The molecular weight excluding hydrogens is 552 g/mol. The second-order valence-corrected chi connectivity index (χ2v) is 8.81. The van der Waals surface area contributed by atoms with Gasteiger partial charge in [-0.1, -0.05) is 6.07 Å². The Labute approximate surface area is 220 Å². The van der Waals surface area contributed by atoms with Crippen LogP contribution in [0.25, 0.3) is 5.76 Å². The Morgan fingerprint density at radius 2 is 1.68 bits per heavy atom. The smallest absolute Gasteiger partial charge is 0.300 e. The normalized spacial score (nSPS) is 16.7. The van der Waals surface area contributed by atoms with Gasteiger partial charge in [0.25, 0.3) is 11.7 Å². The average molecular weight is 574 g/mol. The van der Waals surface area contributed by atoms with Crippen LogP contribution in [-0.2, 0) is 9.59 Å². The van der Waals surface area contributed by atoms with E-state index in [1.165, 1.54) is 32.4 Å². The van der Waals surface area contributed by atoms with Gasteiger partial charge in [-0.15, -0.1) is 0 Å². The highest BCUT2D eigenvalue weighted by Crippen LogP contribution is 2.45. The zero-order chi connectivity index (χ0) is 26.9. The summed E-state index contributed by atoms with van der Waals surface area (Å²) in [5.41, 5.74) is -0.246. The molecule has 37 heavy (non-hydrogen) atoms. The number of anilines is 1. The quantitative estimate of drug-likeness (QED) is 0.219. The van der Waals surface area contributed by atoms with Gasteiger partial charge in [0.05, 0.1) is 42.6 Å². The van der Waals surface area contributed by atoms with Crippen LogP contribution in [-0.4, -0.2) is 37.6 Å². The van der Waals surface area contributed by atoms with E-state index in [0.29, 0.717) is 33.9 Å². The lowest BCUT2D eigenvalue weighted by molar-refractivity contribution is -0.132. The summed E-state index contributed by atoms with van der Waals surface area (Å²) in [5, 5.41) is 11.3. The van der Waals surface area contributed by atoms with E-state index in [1.807, 2.05) is 0 Å². The van der Waals surface area contributed by atoms with Crippen LogP contribution in [0.5, 0.6) is 17.2 Å². The fourth-order valence-electron chi connectivity index (χ4n) is 4.17. The fourth-order valence-corrected chi connectivity index (χ4v) is 4.71. The molecule has 1 atom stereocenters. The summed E-state index contributed by atoms with van der Waals surface area (Å²) in [6, 6.07) is 10.5. The first kappa shape index (κ1) is 26.2. The number of aliphatic hydroxyl groups is 1. The first-order valence-corrected chi connectivity index (χ1v) is 11.9. The van der Waals surface area contributed by atoms with Crippen molar-refractivity contribution >= 4 is 39.1 Å². The molecule has 1 aliphatic rings. The third-order valence-corrected chi connectivity index (χ3v) is 6.46. The predicted octanol–water partition coefficient (Wildman–Crippen LogP) is 5.77. The summed E-state index contributed by atoms with van der Waals surface area (Å²) < 4.78 is 45.7. The number of halogens is 3. The van der Waals surface area contributed by atoms with Crippen molar-refractivity contribution in [3.8, 4) is 17.2 Å². The summed E-state index contributed by atoms with van der Waals surface area (Å²) >= 11 is 3.34. The minimum atomic E-state index is -1.30. The van der Waals surface area contributed by atoms with Gasteiger partial charge in [-0.25, -0.2) is 8.78 Å². The van der Waals surface area contributed by atoms with E-state index < -0.39 is 40.8 Å². The molecule has 0 radical (unpaired) electrons. The Kier molecular flexibility index (Phi) is 7.49. The van der Waals surface area contributed by atoms with Gasteiger partial charge in [0.15, 0.2) is 11.5 Å². The maximum absolute atomic E-state index is 14.9. The van der Waals surface area contributed by atoms with Crippen molar-refractivity contribution in [2.45, 2.75) is 13.0 Å². The number of aliphatic hydroxyl groups excluding tert-OH is 1. The Morgan fingerprint density at radius 1 is 0.973 bits per heavy atom.